The number of anilines is 3. The highest BCUT2D eigenvalue weighted by Gasteiger charge is 2.23. The van der Waals surface area contributed by atoms with Crippen molar-refractivity contribution < 1.29 is 14.3 Å². The van der Waals surface area contributed by atoms with Gasteiger partial charge in [-0.05, 0) is 74.1 Å². The molecule has 0 aliphatic carbocycles. The maximum Gasteiger partial charge on any atom is 0.224 e. The largest absolute Gasteiger partial charge is 0.492 e. The molecule has 2 unspecified atom stereocenters. The second-order valence-corrected chi connectivity index (χ2v) is 9.91. The fourth-order valence-corrected chi connectivity index (χ4v) is 4.98. The van der Waals surface area contributed by atoms with Gasteiger partial charge in [-0.1, -0.05) is 26.0 Å². The first-order valence-electron chi connectivity index (χ1n) is 12.8. The molecule has 36 heavy (non-hydrogen) atoms. The summed E-state index contributed by atoms with van der Waals surface area (Å²) < 4.78 is 5.54. The number of piperidine rings is 1. The van der Waals surface area contributed by atoms with E-state index in [1.54, 1.807) is 12.1 Å². The highest BCUT2D eigenvalue weighted by molar-refractivity contribution is 5.98. The zero-order chi connectivity index (χ0) is 25.7. The molecule has 3 aromatic rings. The highest BCUT2D eigenvalue weighted by Crippen LogP contribution is 2.29. The van der Waals surface area contributed by atoms with E-state index in [1.807, 2.05) is 37.3 Å². The van der Waals surface area contributed by atoms with Gasteiger partial charge in [-0.25, -0.2) is 4.98 Å². The van der Waals surface area contributed by atoms with E-state index in [1.165, 1.54) is 6.42 Å². The molecule has 2 N–H and O–H groups in total. The van der Waals surface area contributed by atoms with E-state index in [-0.39, 0.29) is 24.7 Å². The van der Waals surface area contributed by atoms with Gasteiger partial charge in [0.2, 0.25) is 11.8 Å². The van der Waals surface area contributed by atoms with Crippen LogP contribution in [0, 0.1) is 18.8 Å². The van der Waals surface area contributed by atoms with Crippen molar-refractivity contribution in [2.45, 2.75) is 47.0 Å². The van der Waals surface area contributed by atoms with Gasteiger partial charge in [-0.2, -0.15) is 0 Å². The van der Waals surface area contributed by atoms with Gasteiger partial charge in [-0.3, -0.25) is 9.59 Å². The number of aromatic nitrogens is 1. The zero-order valence-corrected chi connectivity index (χ0v) is 21.6. The predicted octanol–water partition coefficient (Wildman–Crippen LogP) is 5.78. The molecule has 1 aromatic heterocycles. The third-order valence-corrected chi connectivity index (χ3v) is 6.52. The molecule has 2 amide bonds. The van der Waals surface area contributed by atoms with Crippen LogP contribution in [0.25, 0.3) is 10.9 Å². The first kappa shape index (κ1) is 25.5. The summed E-state index contributed by atoms with van der Waals surface area (Å²) in [5.41, 5.74) is 3.35. The second kappa shape index (κ2) is 11.4. The number of para-hydroxylation sites is 2. The van der Waals surface area contributed by atoms with Crippen LogP contribution in [0.5, 0.6) is 5.75 Å². The van der Waals surface area contributed by atoms with Crippen molar-refractivity contribution in [3.63, 3.8) is 0 Å². The van der Waals surface area contributed by atoms with Crippen molar-refractivity contribution in [2.24, 2.45) is 11.8 Å². The minimum Gasteiger partial charge on any atom is -0.492 e. The van der Waals surface area contributed by atoms with E-state index in [4.69, 9.17) is 9.72 Å². The summed E-state index contributed by atoms with van der Waals surface area (Å²) in [5, 5.41) is 6.76. The molecule has 0 radical (unpaired) electrons. The molecule has 1 fully saturated rings. The summed E-state index contributed by atoms with van der Waals surface area (Å²) in [7, 11) is 0. The summed E-state index contributed by atoms with van der Waals surface area (Å²) >= 11 is 0. The van der Waals surface area contributed by atoms with Crippen LogP contribution in [0.4, 0.5) is 17.2 Å². The number of carbonyl (C=O) groups is 2. The van der Waals surface area contributed by atoms with Gasteiger partial charge in [-0.15, -0.1) is 0 Å². The minimum absolute atomic E-state index is 0.0799. The number of carbonyl (C=O) groups excluding carboxylic acids is 2. The predicted molar refractivity (Wildman–Crippen MR) is 146 cm³/mol. The van der Waals surface area contributed by atoms with Crippen LogP contribution in [-0.2, 0) is 9.59 Å². The van der Waals surface area contributed by atoms with Crippen molar-refractivity contribution in [1.29, 1.82) is 0 Å². The molecule has 1 aliphatic heterocycles. The van der Waals surface area contributed by atoms with E-state index in [0.717, 1.165) is 35.4 Å². The molecule has 7 nitrogen and oxygen atoms in total. The number of hydrogen-bond donors (Lipinski definition) is 2. The first-order chi connectivity index (χ1) is 17.3. The Morgan fingerprint density at radius 2 is 1.69 bits per heavy atom. The molecule has 0 bridgehead atoms. The molecule has 7 heteroatoms. The molecule has 4 rings (SSSR count). The van der Waals surface area contributed by atoms with Crippen molar-refractivity contribution in [3.05, 3.63) is 54.1 Å². The van der Waals surface area contributed by atoms with Gasteiger partial charge in [0, 0.05) is 37.0 Å². The van der Waals surface area contributed by atoms with Crippen LogP contribution in [0.3, 0.4) is 0 Å². The molecule has 1 aliphatic rings. The molecule has 2 atom stereocenters. The SMILES string of the molecule is CCOc1ccccc1NC(=O)CCC(=O)Nc1ccc2nc(N3CC(C)CC(C)C3)cc(C)c2c1. The standard InChI is InChI=1S/C29H36N4O3/c1-5-36-26-9-7-6-8-25(26)32-29(35)13-12-28(34)30-22-10-11-24-23(16-22)21(4)15-27(31-24)33-17-19(2)14-20(3)18-33/h6-11,15-16,19-20H,5,12-14,17-18H2,1-4H3,(H,30,34)(H,32,35). The van der Waals surface area contributed by atoms with Crippen LogP contribution in [0.1, 0.15) is 45.6 Å². The van der Waals surface area contributed by atoms with Gasteiger partial charge in [0.05, 0.1) is 17.8 Å². The van der Waals surface area contributed by atoms with E-state index in [0.29, 0.717) is 35.6 Å². The van der Waals surface area contributed by atoms with Crippen molar-refractivity contribution in [3.8, 4) is 5.75 Å². The highest BCUT2D eigenvalue weighted by atomic mass is 16.5. The van der Waals surface area contributed by atoms with Crippen LogP contribution in [-0.4, -0.2) is 36.5 Å². The average Bonchev–Trinajstić information content (AvgIpc) is 2.84. The molecule has 1 saturated heterocycles. The fourth-order valence-electron chi connectivity index (χ4n) is 4.98. The van der Waals surface area contributed by atoms with E-state index in [2.05, 4.69) is 42.4 Å². The smallest absolute Gasteiger partial charge is 0.224 e. The third kappa shape index (κ3) is 6.33. The fraction of sp³-hybridized carbons (Fsp3) is 0.414. The molecular formula is C29H36N4O3. The molecular weight excluding hydrogens is 452 g/mol. The van der Waals surface area contributed by atoms with E-state index >= 15 is 0 Å². The topological polar surface area (TPSA) is 83.6 Å². The summed E-state index contributed by atoms with van der Waals surface area (Å²) in [6, 6.07) is 15.2. The normalized spacial score (nSPS) is 17.6. The summed E-state index contributed by atoms with van der Waals surface area (Å²) in [6.07, 6.45) is 1.42. The summed E-state index contributed by atoms with van der Waals surface area (Å²) in [5.74, 6) is 2.51. The molecule has 2 aromatic carbocycles. The number of ether oxygens (including phenoxy) is 1. The van der Waals surface area contributed by atoms with Crippen LogP contribution in [0.2, 0.25) is 0 Å². The zero-order valence-electron chi connectivity index (χ0n) is 21.6. The van der Waals surface area contributed by atoms with Crippen molar-refractivity contribution >= 4 is 39.9 Å². The lowest BCUT2D eigenvalue weighted by Crippen LogP contribution is -2.39. The van der Waals surface area contributed by atoms with E-state index in [9.17, 15) is 9.59 Å². The number of pyridine rings is 1. The third-order valence-electron chi connectivity index (χ3n) is 6.52. The van der Waals surface area contributed by atoms with Crippen molar-refractivity contribution in [1.82, 2.24) is 4.98 Å². The number of benzene rings is 2. The van der Waals surface area contributed by atoms with Gasteiger partial charge in [0.1, 0.15) is 11.6 Å². The Balaban J connectivity index is 1.37. The van der Waals surface area contributed by atoms with Gasteiger partial charge >= 0.3 is 0 Å². The van der Waals surface area contributed by atoms with Gasteiger partial charge < -0.3 is 20.3 Å². The van der Waals surface area contributed by atoms with Gasteiger partial charge in [0.25, 0.3) is 0 Å². The van der Waals surface area contributed by atoms with Crippen LogP contribution in [0.15, 0.2) is 48.5 Å². The number of aryl methyl sites for hydroxylation is 1. The molecule has 2 heterocycles. The summed E-state index contributed by atoms with van der Waals surface area (Å²) in [6.45, 7) is 11.1. The molecule has 0 saturated carbocycles. The Bertz CT molecular complexity index is 1230. The lowest BCUT2D eigenvalue weighted by molar-refractivity contribution is -0.121. The number of fused-ring (bicyclic) bond motifs is 1. The number of nitrogens with one attached hydrogen (secondary N) is 2. The maximum absolute atomic E-state index is 12.5. The molecule has 190 valence electrons. The number of amides is 2. The van der Waals surface area contributed by atoms with E-state index < -0.39 is 0 Å². The average molecular weight is 489 g/mol. The lowest BCUT2D eigenvalue weighted by atomic mass is 9.92. The monoisotopic (exact) mass is 488 g/mol. The molecule has 0 spiro atoms. The van der Waals surface area contributed by atoms with Gasteiger partial charge in [0.15, 0.2) is 0 Å². The number of rotatable bonds is 8. The lowest BCUT2D eigenvalue weighted by Gasteiger charge is -2.36. The Labute approximate surface area is 213 Å². The second-order valence-electron chi connectivity index (χ2n) is 9.91. The number of hydrogen-bond acceptors (Lipinski definition) is 5. The quantitative estimate of drug-likeness (QED) is 0.420. The Morgan fingerprint density at radius 1 is 1.00 bits per heavy atom. The Kier molecular flexibility index (Phi) is 8.08. The number of nitrogens with zero attached hydrogens (tertiary/aromatic N) is 2. The minimum atomic E-state index is -0.232. The maximum atomic E-state index is 12.5. The Morgan fingerprint density at radius 3 is 2.42 bits per heavy atom. The van der Waals surface area contributed by atoms with Crippen LogP contribution >= 0.6 is 0 Å². The van der Waals surface area contributed by atoms with Crippen molar-refractivity contribution in [2.75, 3.05) is 35.2 Å². The first-order valence-corrected chi connectivity index (χ1v) is 12.8. The summed E-state index contributed by atoms with van der Waals surface area (Å²) in [4.78, 5) is 32.2. The van der Waals surface area contributed by atoms with Crippen LogP contribution < -0.4 is 20.3 Å². The Hall–Kier alpha value is -3.61.